The largest absolute Gasteiger partial charge is 0.498 e. The van der Waals surface area contributed by atoms with Crippen LogP contribution in [0.4, 0.5) is 14.5 Å². The number of benzene rings is 1. The Morgan fingerprint density at radius 2 is 1.93 bits per heavy atom. The lowest BCUT2D eigenvalue weighted by atomic mass is 9.78. The molecule has 0 unspecified atom stereocenters. The number of nitrogens with zero attached hydrogens (tertiary/aromatic N) is 1. The number of halogens is 2. The lowest BCUT2D eigenvalue weighted by Gasteiger charge is -2.03. The molecule has 0 bridgehead atoms. The summed E-state index contributed by atoms with van der Waals surface area (Å²) >= 11 is 0. The summed E-state index contributed by atoms with van der Waals surface area (Å²) in [5.74, 6) is -3.01. The van der Waals surface area contributed by atoms with E-state index in [0.717, 1.165) is 0 Å². The van der Waals surface area contributed by atoms with Crippen LogP contribution in [0.5, 0.6) is 0 Å². The average molecular weight is 203 g/mol. The molecule has 8 heteroatoms. The SMILES string of the molecule is O=[N+]([O-])c1ccc(F)c(F)c1B(O)O. The summed E-state index contributed by atoms with van der Waals surface area (Å²) < 4.78 is 25.4. The second kappa shape index (κ2) is 3.68. The van der Waals surface area contributed by atoms with E-state index in [9.17, 15) is 18.9 Å². The summed E-state index contributed by atoms with van der Waals surface area (Å²) in [6.45, 7) is 0. The Bertz CT molecular complexity index is 384. The molecule has 0 amide bonds. The molecular weight excluding hydrogens is 199 g/mol. The Balaban J connectivity index is 3.45. The van der Waals surface area contributed by atoms with Gasteiger partial charge in [0.1, 0.15) is 0 Å². The van der Waals surface area contributed by atoms with Crippen LogP contribution in [0.25, 0.3) is 0 Å². The topological polar surface area (TPSA) is 83.6 Å². The smallest absolute Gasteiger partial charge is 0.423 e. The molecule has 0 saturated carbocycles. The molecule has 1 aromatic rings. The molecule has 0 heterocycles. The van der Waals surface area contributed by atoms with Gasteiger partial charge in [0.25, 0.3) is 5.69 Å². The molecule has 2 N–H and O–H groups in total. The highest BCUT2D eigenvalue weighted by molar-refractivity contribution is 6.60. The third kappa shape index (κ3) is 1.70. The maximum atomic E-state index is 12.9. The number of rotatable bonds is 2. The Morgan fingerprint density at radius 1 is 1.36 bits per heavy atom. The Morgan fingerprint density at radius 3 is 2.36 bits per heavy atom. The van der Waals surface area contributed by atoms with Crippen molar-refractivity contribution in [2.75, 3.05) is 0 Å². The van der Waals surface area contributed by atoms with Crippen molar-refractivity contribution in [3.63, 3.8) is 0 Å². The van der Waals surface area contributed by atoms with Crippen molar-refractivity contribution in [3.8, 4) is 0 Å². The van der Waals surface area contributed by atoms with Crippen molar-refractivity contribution >= 4 is 18.3 Å². The standard InChI is InChI=1S/C6H4BF2NO4/c8-3-1-2-4(10(13)14)5(6(3)9)7(11)12/h1-2,11-12H. The molecule has 0 atom stereocenters. The first kappa shape index (κ1) is 10.5. The van der Waals surface area contributed by atoms with Gasteiger partial charge in [-0.2, -0.15) is 0 Å². The molecule has 0 radical (unpaired) electrons. The van der Waals surface area contributed by atoms with Crippen molar-refractivity contribution in [1.29, 1.82) is 0 Å². The minimum absolute atomic E-state index is 0.541. The van der Waals surface area contributed by atoms with Crippen LogP contribution in [0.2, 0.25) is 0 Å². The van der Waals surface area contributed by atoms with Gasteiger partial charge in [0, 0.05) is 6.07 Å². The number of hydrogen-bond donors (Lipinski definition) is 2. The van der Waals surface area contributed by atoms with Gasteiger partial charge in [-0.15, -0.1) is 0 Å². The van der Waals surface area contributed by atoms with Crippen LogP contribution in [0.1, 0.15) is 0 Å². The molecule has 14 heavy (non-hydrogen) atoms. The molecular formula is C6H4BF2NO4. The maximum Gasteiger partial charge on any atom is 0.498 e. The second-order valence-electron chi connectivity index (χ2n) is 2.42. The number of nitro benzene ring substituents is 1. The van der Waals surface area contributed by atoms with Crippen LogP contribution in [0, 0.1) is 21.7 Å². The molecule has 0 fully saturated rings. The zero-order valence-corrected chi connectivity index (χ0v) is 6.65. The Labute approximate surface area is 76.9 Å². The molecule has 5 nitrogen and oxygen atoms in total. The Hall–Kier alpha value is -1.54. The van der Waals surface area contributed by atoms with Crippen molar-refractivity contribution in [1.82, 2.24) is 0 Å². The molecule has 0 aliphatic heterocycles. The van der Waals surface area contributed by atoms with Crippen LogP contribution < -0.4 is 5.46 Å². The third-order valence-electron chi connectivity index (χ3n) is 1.56. The predicted molar refractivity (Wildman–Crippen MR) is 42.8 cm³/mol. The van der Waals surface area contributed by atoms with Crippen LogP contribution in [0.15, 0.2) is 12.1 Å². The first-order valence-electron chi connectivity index (χ1n) is 3.43. The Kier molecular flexibility index (Phi) is 2.77. The van der Waals surface area contributed by atoms with Gasteiger partial charge in [-0.3, -0.25) is 10.1 Å². The predicted octanol–water partition coefficient (Wildman–Crippen LogP) is -0.447. The molecule has 0 aliphatic carbocycles. The van der Waals surface area contributed by atoms with E-state index in [2.05, 4.69) is 0 Å². The van der Waals surface area contributed by atoms with Gasteiger partial charge in [-0.25, -0.2) is 8.78 Å². The second-order valence-corrected chi connectivity index (χ2v) is 2.42. The minimum atomic E-state index is -2.42. The van der Waals surface area contributed by atoms with Crippen molar-refractivity contribution in [3.05, 3.63) is 33.9 Å². The highest BCUT2D eigenvalue weighted by Crippen LogP contribution is 2.13. The van der Waals surface area contributed by atoms with Crippen LogP contribution >= 0.6 is 0 Å². The highest BCUT2D eigenvalue weighted by atomic mass is 19.2. The lowest BCUT2D eigenvalue weighted by molar-refractivity contribution is -0.383. The van der Waals surface area contributed by atoms with Gasteiger partial charge in [0.2, 0.25) is 0 Å². The lowest BCUT2D eigenvalue weighted by Crippen LogP contribution is -2.35. The van der Waals surface area contributed by atoms with E-state index in [-0.39, 0.29) is 0 Å². The van der Waals surface area contributed by atoms with Crippen LogP contribution in [-0.2, 0) is 0 Å². The molecule has 0 aliphatic rings. The third-order valence-corrected chi connectivity index (χ3v) is 1.56. The minimum Gasteiger partial charge on any atom is -0.423 e. The molecule has 74 valence electrons. The maximum absolute atomic E-state index is 12.9. The first-order chi connectivity index (χ1) is 6.45. The number of hydrogen-bond acceptors (Lipinski definition) is 4. The summed E-state index contributed by atoms with van der Waals surface area (Å²) in [5, 5.41) is 27.5. The van der Waals surface area contributed by atoms with E-state index < -0.39 is 34.8 Å². The van der Waals surface area contributed by atoms with E-state index in [4.69, 9.17) is 10.0 Å². The monoisotopic (exact) mass is 203 g/mol. The summed E-state index contributed by atoms with van der Waals surface area (Å²) in [4.78, 5) is 9.25. The van der Waals surface area contributed by atoms with Crippen molar-refractivity contribution in [2.45, 2.75) is 0 Å². The average Bonchev–Trinajstić information content (AvgIpc) is 2.08. The zero-order valence-electron chi connectivity index (χ0n) is 6.65. The van der Waals surface area contributed by atoms with E-state index in [1.165, 1.54) is 0 Å². The van der Waals surface area contributed by atoms with Gasteiger partial charge in [-0.1, -0.05) is 0 Å². The van der Waals surface area contributed by atoms with Crippen LogP contribution in [-0.4, -0.2) is 22.1 Å². The molecule has 1 aromatic carbocycles. The van der Waals surface area contributed by atoms with Crippen LogP contribution in [0.3, 0.4) is 0 Å². The summed E-state index contributed by atoms with van der Waals surface area (Å²) in [7, 11) is -2.42. The van der Waals surface area contributed by atoms with Gasteiger partial charge < -0.3 is 10.0 Å². The fourth-order valence-corrected chi connectivity index (χ4v) is 0.961. The van der Waals surface area contributed by atoms with Gasteiger partial charge in [-0.05, 0) is 6.07 Å². The molecule has 0 spiro atoms. The quantitative estimate of drug-likeness (QED) is 0.387. The molecule has 0 aromatic heterocycles. The number of nitro groups is 1. The van der Waals surface area contributed by atoms with E-state index in [1.54, 1.807) is 0 Å². The summed E-state index contributed by atoms with van der Waals surface area (Å²) in [6, 6.07) is 1.20. The van der Waals surface area contributed by atoms with E-state index >= 15 is 0 Å². The van der Waals surface area contributed by atoms with Gasteiger partial charge >= 0.3 is 7.12 Å². The van der Waals surface area contributed by atoms with Gasteiger partial charge in [0.05, 0.1) is 10.4 Å². The fraction of sp³-hybridized carbons (Fsp3) is 0. The molecule has 0 saturated heterocycles. The summed E-state index contributed by atoms with van der Waals surface area (Å²) in [5.41, 5.74) is -1.95. The van der Waals surface area contributed by atoms with Crippen molar-refractivity contribution < 1.29 is 23.8 Å². The van der Waals surface area contributed by atoms with E-state index in [0.29, 0.717) is 12.1 Å². The zero-order chi connectivity index (χ0) is 10.9. The normalized spacial score (nSPS) is 10.0. The molecule has 1 rings (SSSR count). The fourth-order valence-electron chi connectivity index (χ4n) is 0.961. The van der Waals surface area contributed by atoms with E-state index in [1.807, 2.05) is 0 Å². The highest BCUT2D eigenvalue weighted by Gasteiger charge is 2.30. The first-order valence-corrected chi connectivity index (χ1v) is 3.43. The van der Waals surface area contributed by atoms with Gasteiger partial charge in [0.15, 0.2) is 11.6 Å². The van der Waals surface area contributed by atoms with Crippen molar-refractivity contribution in [2.24, 2.45) is 0 Å². The summed E-state index contributed by atoms with van der Waals surface area (Å²) in [6.07, 6.45) is 0.